The number of benzene rings is 4. The number of hydrogen-bond donors (Lipinski definition) is 0. The first-order chi connectivity index (χ1) is 23.5. The van der Waals surface area contributed by atoms with Crippen molar-refractivity contribution in [3.8, 4) is 23.0 Å². The van der Waals surface area contributed by atoms with E-state index in [0.29, 0.717) is 0 Å². The van der Waals surface area contributed by atoms with Gasteiger partial charge in [0.2, 0.25) is 0 Å². The molecule has 6 heteroatoms. The average Bonchev–Trinajstić information content (AvgIpc) is 3.15. The molecule has 0 spiro atoms. The van der Waals surface area contributed by atoms with Gasteiger partial charge in [-0.2, -0.15) is 0 Å². The highest BCUT2D eigenvalue weighted by atomic mass is 16.5. The number of fused-ring (bicyclic) bond motifs is 1. The maximum atomic E-state index is 7.08. The van der Waals surface area contributed by atoms with Crippen molar-refractivity contribution in [2.45, 2.75) is 62.9 Å². The molecule has 6 rings (SSSR count). The zero-order valence-corrected chi connectivity index (χ0v) is 28.5. The predicted octanol–water partition coefficient (Wildman–Crippen LogP) is 8.92. The van der Waals surface area contributed by atoms with Crippen LogP contribution in [0.2, 0.25) is 0 Å². The molecule has 2 fully saturated rings. The van der Waals surface area contributed by atoms with E-state index in [1.54, 1.807) is 28.4 Å². The lowest BCUT2D eigenvalue weighted by Gasteiger charge is -2.50. The third-order valence-corrected chi connectivity index (χ3v) is 9.93. The largest absolute Gasteiger partial charge is 0.497 e. The topological polar surface area (TPSA) is 55.4 Å². The highest BCUT2D eigenvalue weighted by Gasteiger charge is 2.47. The minimum Gasteiger partial charge on any atom is -0.497 e. The number of allylic oxidation sites excluding steroid dienone is 1. The molecule has 2 aliphatic heterocycles. The van der Waals surface area contributed by atoms with Gasteiger partial charge in [0, 0.05) is 12.3 Å². The molecular weight excluding hydrogens is 600 g/mol. The first kappa shape index (κ1) is 33.6. The third-order valence-electron chi connectivity index (χ3n) is 9.93. The number of aryl methyl sites for hydroxylation is 2. The summed E-state index contributed by atoms with van der Waals surface area (Å²) in [5, 5.41) is 0. The van der Waals surface area contributed by atoms with Gasteiger partial charge < -0.3 is 28.4 Å². The Kier molecular flexibility index (Phi) is 11.4. The van der Waals surface area contributed by atoms with E-state index in [4.69, 9.17) is 28.4 Å². The van der Waals surface area contributed by atoms with Crippen molar-refractivity contribution >= 4 is 6.08 Å². The lowest BCUT2D eigenvalue weighted by atomic mass is 9.71. The van der Waals surface area contributed by atoms with Gasteiger partial charge in [0.25, 0.3) is 0 Å². The summed E-state index contributed by atoms with van der Waals surface area (Å²) in [6.45, 7) is 0. The monoisotopic (exact) mass is 648 g/mol. The normalized spacial score (nSPS) is 23.8. The van der Waals surface area contributed by atoms with Crippen molar-refractivity contribution in [2.24, 2.45) is 11.8 Å². The minimum absolute atomic E-state index is 0.0758. The number of methoxy groups -OCH3 is 4. The number of rotatable bonds is 13. The summed E-state index contributed by atoms with van der Waals surface area (Å²) in [4.78, 5) is 0. The van der Waals surface area contributed by atoms with Crippen LogP contribution in [0.25, 0.3) is 6.08 Å². The lowest BCUT2D eigenvalue weighted by Crippen LogP contribution is -2.50. The molecule has 0 aromatic heterocycles. The molecule has 0 N–H and O–H groups in total. The molecule has 2 aliphatic rings. The molecule has 0 unspecified atom stereocenters. The van der Waals surface area contributed by atoms with Crippen molar-refractivity contribution in [3.63, 3.8) is 0 Å². The van der Waals surface area contributed by atoms with Gasteiger partial charge in [-0.1, -0.05) is 60.7 Å². The molecule has 0 saturated carbocycles. The van der Waals surface area contributed by atoms with Crippen LogP contribution in [-0.2, 0) is 22.3 Å². The summed E-state index contributed by atoms with van der Waals surface area (Å²) in [5.74, 6) is 3.92. The molecule has 4 aromatic rings. The summed E-state index contributed by atoms with van der Waals surface area (Å²) in [7, 11) is 6.82. The smallest absolute Gasteiger partial charge is 0.118 e. The Morgan fingerprint density at radius 1 is 0.562 bits per heavy atom. The maximum absolute atomic E-state index is 7.08. The van der Waals surface area contributed by atoms with E-state index in [9.17, 15) is 0 Å². The van der Waals surface area contributed by atoms with Crippen molar-refractivity contribution in [3.05, 3.63) is 125 Å². The van der Waals surface area contributed by atoms with Crippen LogP contribution in [0, 0.1) is 11.8 Å². The van der Waals surface area contributed by atoms with Crippen LogP contribution in [0.15, 0.2) is 103 Å². The molecule has 2 saturated heterocycles. The summed E-state index contributed by atoms with van der Waals surface area (Å²) >= 11 is 0. The number of ether oxygens (including phenoxy) is 6. The first-order valence-electron chi connectivity index (χ1n) is 17.1. The molecule has 6 nitrogen and oxygen atoms in total. The molecule has 48 heavy (non-hydrogen) atoms. The van der Waals surface area contributed by atoms with Crippen LogP contribution in [0.1, 0.15) is 54.0 Å². The van der Waals surface area contributed by atoms with E-state index < -0.39 is 0 Å². The fourth-order valence-electron chi connectivity index (χ4n) is 7.24. The van der Waals surface area contributed by atoms with Gasteiger partial charge in [-0.25, -0.2) is 0 Å². The Bertz CT molecular complexity index is 1580. The van der Waals surface area contributed by atoms with Crippen molar-refractivity contribution < 1.29 is 28.4 Å². The van der Waals surface area contributed by atoms with Crippen LogP contribution < -0.4 is 18.9 Å². The molecule has 4 aromatic carbocycles. The molecule has 252 valence electrons. The van der Waals surface area contributed by atoms with Crippen LogP contribution >= 0.6 is 0 Å². The van der Waals surface area contributed by atoms with Gasteiger partial charge in [-0.3, -0.25) is 0 Å². The van der Waals surface area contributed by atoms with E-state index in [1.165, 1.54) is 16.7 Å². The third kappa shape index (κ3) is 8.41. The second-order valence-corrected chi connectivity index (χ2v) is 12.9. The first-order valence-corrected chi connectivity index (χ1v) is 17.1. The van der Waals surface area contributed by atoms with E-state index in [0.717, 1.165) is 67.1 Å². The molecule has 2 heterocycles. The van der Waals surface area contributed by atoms with Crippen LogP contribution in [0.5, 0.6) is 23.0 Å². The Hall–Kier alpha value is -4.26. The highest BCUT2D eigenvalue weighted by Crippen LogP contribution is 2.49. The molecule has 6 atom stereocenters. The van der Waals surface area contributed by atoms with Crippen molar-refractivity contribution in [2.75, 3.05) is 28.4 Å². The predicted molar refractivity (Wildman–Crippen MR) is 190 cm³/mol. The van der Waals surface area contributed by atoms with E-state index in [1.807, 2.05) is 48.5 Å². The minimum atomic E-state index is -0.0939. The van der Waals surface area contributed by atoms with Crippen LogP contribution in [-0.4, -0.2) is 46.8 Å². The zero-order chi connectivity index (χ0) is 33.3. The van der Waals surface area contributed by atoms with Crippen LogP contribution in [0.4, 0.5) is 0 Å². The zero-order valence-electron chi connectivity index (χ0n) is 28.5. The fourth-order valence-corrected chi connectivity index (χ4v) is 7.24. The molecular formula is C42H48O6. The highest BCUT2D eigenvalue weighted by molar-refractivity contribution is 5.51. The molecule has 0 aliphatic carbocycles. The van der Waals surface area contributed by atoms with E-state index in [-0.39, 0.29) is 36.3 Å². The molecule has 0 bridgehead atoms. The standard InChI is InChI=1S/C42H48O6/c1-43-34-17-6-29(7-18-34)5-14-33-27-38(23-12-30-8-19-35(44-2)20-9-30)47-40-28-39(24-13-31-10-21-36(45-3)22-11-31)48-42(41(33)40)32-15-25-37(46-4)26-16-32/h5-11,14-22,25-26,33,38-42H,12-13,23-24,27-28H2,1-4H3/b14-5+/t33-,38+,39+,40-,41+,42-/m1/s1. The molecule has 0 amide bonds. The van der Waals surface area contributed by atoms with E-state index >= 15 is 0 Å². The van der Waals surface area contributed by atoms with Crippen LogP contribution in [0.3, 0.4) is 0 Å². The lowest BCUT2D eigenvalue weighted by molar-refractivity contribution is -0.209. The van der Waals surface area contributed by atoms with Gasteiger partial charge in [-0.15, -0.1) is 0 Å². The van der Waals surface area contributed by atoms with E-state index in [2.05, 4.69) is 60.7 Å². The summed E-state index contributed by atoms with van der Waals surface area (Å²) in [5.41, 5.74) is 4.91. The Labute approximate surface area is 285 Å². The fraction of sp³-hybridized carbons (Fsp3) is 0.381. The van der Waals surface area contributed by atoms with Gasteiger partial charge in [-0.05, 0) is 109 Å². The second-order valence-electron chi connectivity index (χ2n) is 12.9. The van der Waals surface area contributed by atoms with Gasteiger partial charge >= 0.3 is 0 Å². The Balaban J connectivity index is 1.27. The Morgan fingerprint density at radius 2 is 1.02 bits per heavy atom. The summed E-state index contributed by atoms with van der Waals surface area (Å²) < 4.78 is 35.8. The van der Waals surface area contributed by atoms with Gasteiger partial charge in [0.15, 0.2) is 0 Å². The summed E-state index contributed by atoms with van der Waals surface area (Å²) in [6, 6.07) is 33.4. The van der Waals surface area contributed by atoms with Crippen molar-refractivity contribution in [1.29, 1.82) is 0 Å². The Morgan fingerprint density at radius 3 is 1.52 bits per heavy atom. The van der Waals surface area contributed by atoms with Gasteiger partial charge in [0.05, 0.1) is 52.9 Å². The SMILES string of the molecule is COc1ccc(/C=C/[C@@H]2C[C@H](CCc3ccc(OC)cc3)O[C@@H]3C[C@H](CCc4ccc(OC)cc4)O[C@H](c4ccc(OC)cc4)[C@@H]23)cc1. The average molecular weight is 649 g/mol. The number of hydrogen-bond acceptors (Lipinski definition) is 6. The second kappa shape index (κ2) is 16.2. The molecule has 0 radical (unpaired) electrons. The maximum Gasteiger partial charge on any atom is 0.118 e. The van der Waals surface area contributed by atoms with Crippen molar-refractivity contribution in [1.82, 2.24) is 0 Å². The van der Waals surface area contributed by atoms with Gasteiger partial charge in [0.1, 0.15) is 23.0 Å². The quantitative estimate of drug-likeness (QED) is 0.144. The summed E-state index contributed by atoms with van der Waals surface area (Å²) in [6.07, 6.45) is 10.5.